The molecule has 0 saturated carbocycles. The number of hydrogen-bond donors (Lipinski definition) is 0. The lowest BCUT2D eigenvalue weighted by Gasteiger charge is -2.03. The lowest BCUT2D eigenvalue weighted by Crippen LogP contribution is -2.09. The van der Waals surface area contributed by atoms with Crippen LogP contribution in [0.2, 0.25) is 0 Å². The Morgan fingerprint density at radius 2 is 1.87 bits per heavy atom. The first kappa shape index (κ1) is 11.7. The summed E-state index contributed by atoms with van der Waals surface area (Å²) in [7, 11) is -3.24. The lowest BCUT2D eigenvalue weighted by molar-refractivity contribution is -0.128. The lowest BCUT2D eigenvalue weighted by atomic mass is 10.4. The van der Waals surface area contributed by atoms with Crippen molar-refractivity contribution in [2.45, 2.75) is 11.3 Å². The molecule has 0 aromatic heterocycles. The van der Waals surface area contributed by atoms with Crippen LogP contribution in [0.1, 0.15) is 6.42 Å². The van der Waals surface area contributed by atoms with Gasteiger partial charge < -0.3 is 4.74 Å². The maximum atomic E-state index is 11.7. The average Bonchev–Trinajstić information content (AvgIpc) is 2.26. The highest BCUT2D eigenvalue weighted by molar-refractivity contribution is 7.91. The van der Waals surface area contributed by atoms with Crippen molar-refractivity contribution < 1.29 is 17.9 Å². The van der Waals surface area contributed by atoms with Gasteiger partial charge >= 0.3 is 0 Å². The molecule has 0 aliphatic heterocycles. The minimum absolute atomic E-state index is 0.00907. The molecule has 0 N–H and O–H groups in total. The molecule has 0 saturated heterocycles. The molecule has 0 spiro atoms. The second kappa shape index (κ2) is 5.50. The minimum Gasteiger partial charge on any atom is -0.468 e. The number of rotatable bonds is 6. The molecule has 0 heterocycles. The predicted octanol–water partition coefficient (Wildman–Crippen LogP) is 1.02. The molecule has 1 aromatic carbocycles. The first-order chi connectivity index (χ1) is 7.17. The highest BCUT2D eigenvalue weighted by Gasteiger charge is 2.12. The van der Waals surface area contributed by atoms with Crippen LogP contribution in [0.3, 0.4) is 0 Å². The Morgan fingerprint density at radius 1 is 1.20 bits per heavy atom. The molecule has 15 heavy (non-hydrogen) atoms. The van der Waals surface area contributed by atoms with Crippen LogP contribution in [0.5, 0.6) is 0 Å². The number of carbonyl (C=O) groups is 1. The Kier molecular flexibility index (Phi) is 4.30. The number of benzene rings is 1. The van der Waals surface area contributed by atoms with E-state index in [2.05, 4.69) is 4.74 Å². The van der Waals surface area contributed by atoms with E-state index in [0.717, 1.165) is 0 Å². The number of ether oxygens (including phenoxy) is 1. The Balaban J connectivity index is 2.57. The molecule has 0 aliphatic carbocycles. The van der Waals surface area contributed by atoms with E-state index in [1.54, 1.807) is 30.3 Å². The second-order valence-corrected chi connectivity index (χ2v) is 5.06. The third-order valence-corrected chi connectivity index (χ3v) is 3.66. The van der Waals surface area contributed by atoms with E-state index < -0.39 is 9.84 Å². The van der Waals surface area contributed by atoms with E-state index >= 15 is 0 Å². The number of carbonyl (C=O) groups excluding carboxylic acids is 1. The van der Waals surface area contributed by atoms with Crippen molar-refractivity contribution in [1.82, 2.24) is 0 Å². The second-order valence-electron chi connectivity index (χ2n) is 2.95. The number of sulfone groups is 1. The molecule has 1 rings (SSSR count). The van der Waals surface area contributed by atoms with Gasteiger partial charge in [-0.25, -0.2) is 8.42 Å². The van der Waals surface area contributed by atoms with Crippen LogP contribution in [0.15, 0.2) is 35.2 Å². The summed E-state index contributed by atoms with van der Waals surface area (Å²) < 4.78 is 27.7. The maximum absolute atomic E-state index is 11.7. The van der Waals surface area contributed by atoms with Gasteiger partial charge in [0.05, 0.1) is 17.3 Å². The fourth-order valence-electron chi connectivity index (χ4n) is 1.13. The van der Waals surface area contributed by atoms with Gasteiger partial charge in [0.1, 0.15) is 0 Å². The molecular formula is C10H12O4S. The van der Waals surface area contributed by atoms with Crippen molar-refractivity contribution in [2.24, 2.45) is 0 Å². The Labute approximate surface area is 88.8 Å². The first-order valence-electron chi connectivity index (χ1n) is 4.50. The largest absolute Gasteiger partial charge is 0.468 e. The average molecular weight is 228 g/mol. The maximum Gasteiger partial charge on any atom is 0.293 e. The van der Waals surface area contributed by atoms with Gasteiger partial charge in [-0.3, -0.25) is 4.79 Å². The van der Waals surface area contributed by atoms with Gasteiger partial charge in [-0.05, 0) is 18.6 Å². The Bertz CT molecular complexity index is 397. The normalized spacial score (nSPS) is 10.9. The van der Waals surface area contributed by atoms with Crippen LogP contribution in [0, 0.1) is 0 Å². The highest BCUT2D eigenvalue weighted by Crippen LogP contribution is 2.10. The zero-order valence-electron chi connectivity index (χ0n) is 8.13. The molecule has 5 heteroatoms. The highest BCUT2D eigenvalue weighted by atomic mass is 32.2. The molecule has 0 bridgehead atoms. The topological polar surface area (TPSA) is 60.4 Å². The quantitative estimate of drug-likeness (QED) is 0.539. The fourth-order valence-corrected chi connectivity index (χ4v) is 2.43. The van der Waals surface area contributed by atoms with Crippen LogP contribution in [-0.4, -0.2) is 27.2 Å². The van der Waals surface area contributed by atoms with Crippen LogP contribution >= 0.6 is 0 Å². The zero-order valence-corrected chi connectivity index (χ0v) is 8.94. The minimum atomic E-state index is -3.24. The van der Waals surface area contributed by atoms with Crippen LogP contribution in [-0.2, 0) is 19.4 Å². The van der Waals surface area contributed by atoms with Gasteiger partial charge in [0.25, 0.3) is 6.47 Å². The molecule has 0 aliphatic rings. The third-order valence-electron chi connectivity index (χ3n) is 1.85. The van der Waals surface area contributed by atoms with Gasteiger partial charge in [0.2, 0.25) is 0 Å². The van der Waals surface area contributed by atoms with E-state index in [4.69, 9.17) is 0 Å². The van der Waals surface area contributed by atoms with Gasteiger partial charge in [-0.1, -0.05) is 18.2 Å². The Hall–Kier alpha value is -1.36. The molecule has 82 valence electrons. The van der Waals surface area contributed by atoms with E-state index in [0.29, 0.717) is 17.8 Å². The van der Waals surface area contributed by atoms with Crippen molar-refractivity contribution in [3.05, 3.63) is 30.3 Å². The zero-order chi connectivity index (χ0) is 11.1. The summed E-state index contributed by atoms with van der Waals surface area (Å²) in [5, 5.41) is 0. The van der Waals surface area contributed by atoms with Crippen LogP contribution < -0.4 is 0 Å². The van der Waals surface area contributed by atoms with Gasteiger partial charge in [-0.15, -0.1) is 0 Å². The molecule has 0 radical (unpaired) electrons. The summed E-state index contributed by atoms with van der Waals surface area (Å²) >= 11 is 0. The SMILES string of the molecule is O=COCCCS(=O)(=O)c1ccccc1. The monoisotopic (exact) mass is 228 g/mol. The number of hydrogen-bond acceptors (Lipinski definition) is 4. The molecule has 4 nitrogen and oxygen atoms in total. The molecular weight excluding hydrogens is 216 g/mol. The first-order valence-corrected chi connectivity index (χ1v) is 6.15. The smallest absolute Gasteiger partial charge is 0.293 e. The molecule has 0 fully saturated rings. The standard InChI is InChI=1S/C10H12O4S/c11-9-14-7-4-8-15(12,13)10-5-2-1-3-6-10/h1-3,5-6,9H,4,7-8H2. The van der Waals surface area contributed by atoms with Gasteiger partial charge in [0.15, 0.2) is 9.84 Å². The summed E-state index contributed by atoms with van der Waals surface area (Å²) in [5.74, 6) is -0.00907. The third kappa shape index (κ3) is 3.71. The van der Waals surface area contributed by atoms with E-state index in [9.17, 15) is 13.2 Å². The van der Waals surface area contributed by atoms with E-state index in [-0.39, 0.29) is 12.4 Å². The summed E-state index contributed by atoms with van der Waals surface area (Å²) in [6.45, 7) is 0.449. The summed E-state index contributed by atoms with van der Waals surface area (Å²) in [5.41, 5.74) is 0. The van der Waals surface area contributed by atoms with Crippen molar-refractivity contribution in [3.8, 4) is 0 Å². The predicted molar refractivity (Wildman–Crippen MR) is 55.1 cm³/mol. The van der Waals surface area contributed by atoms with Crippen LogP contribution in [0.25, 0.3) is 0 Å². The molecule has 0 atom stereocenters. The van der Waals surface area contributed by atoms with Crippen LogP contribution in [0.4, 0.5) is 0 Å². The van der Waals surface area contributed by atoms with Crippen molar-refractivity contribution >= 4 is 16.3 Å². The van der Waals surface area contributed by atoms with Gasteiger partial charge in [-0.2, -0.15) is 0 Å². The molecule has 0 amide bonds. The Morgan fingerprint density at radius 3 is 2.47 bits per heavy atom. The van der Waals surface area contributed by atoms with Gasteiger partial charge in [0, 0.05) is 0 Å². The summed E-state index contributed by atoms with van der Waals surface area (Å²) in [6.07, 6.45) is 0.315. The van der Waals surface area contributed by atoms with Crippen molar-refractivity contribution in [2.75, 3.05) is 12.4 Å². The molecule has 1 aromatic rings. The van der Waals surface area contributed by atoms with E-state index in [1.165, 1.54) is 0 Å². The summed E-state index contributed by atoms with van der Waals surface area (Å²) in [6, 6.07) is 8.21. The fraction of sp³-hybridized carbons (Fsp3) is 0.300. The van der Waals surface area contributed by atoms with Crippen molar-refractivity contribution in [3.63, 3.8) is 0 Å². The molecule has 0 unspecified atom stereocenters. The van der Waals surface area contributed by atoms with E-state index in [1.807, 2.05) is 0 Å². The van der Waals surface area contributed by atoms with Crippen molar-refractivity contribution in [1.29, 1.82) is 0 Å². The summed E-state index contributed by atoms with van der Waals surface area (Å²) in [4.78, 5) is 10.1.